The number of anilines is 1. The number of fused-ring (bicyclic) bond motifs is 1. The molecule has 4 nitrogen and oxygen atoms in total. The van der Waals surface area contributed by atoms with E-state index in [0.29, 0.717) is 12.4 Å². The van der Waals surface area contributed by atoms with Crippen molar-refractivity contribution in [1.29, 1.82) is 0 Å². The first kappa shape index (κ1) is 12.8. The number of aromatic nitrogens is 1. The Morgan fingerprint density at radius 1 is 1.39 bits per heavy atom. The first-order valence-corrected chi connectivity index (χ1v) is 6.44. The van der Waals surface area contributed by atoms with E-state index in [-0.39, 0.29) is 12.5 Å². The van der Waals surface area contributed by atoms with E-state index in [1.165, 1.54) is 0 Å². The minimum Gasteiger partial charge on any atom is -0.465 e. The van der Waals surface area contributed by atoms with Crippen LogP contribution in [-0.2, 0) is 9.53 Å². The van der Waals surface area contributed by atoms with Gasteiger partial charge < -0.3 is 10.1 Å². The van der Waals surface area contributed by atoms with Gasteiger partial charge in [0.2, 0.25) is 0 Å². The van der Waals surface area contributed by atoms with Gasteiger partial charge in [0, 0.05) is 21.4 Å². The molecule has 0 atom stereocenters. The molecular formula is C13H13BrN2O2. The molecule has 0 saturated heterocycles. The molecule has 0 aliphatic rings. The van der Waals surface area contributed by atoms with Crippen LogP contribution in [0.25, 0.3) is 10.8 Å². The van der Waals surface area contributed by atoms with Gasteiger partial charge in [-0.1, -0.05) is 28.1 Å². The van der Waals surface area contributed by atoms with E-state index in [2.05, 4.69) is 26.2 Å². The molecule has 0 saturated carbocycles. The number of pyridine rings is 1. The fourth-order valence-electron chi connectivity index (χ4n) is 1.68. The van der Waals surface area contributed by atoms with Crippen LogP contribution < -0.4 is 5.32 Å². The number of halogens is 1. The second-order valence-corrected chi connectivity index (χ2v) is 4.51. The number of hydrogen-bond donors (Lipinski definition) is 1. The second-order valence-electron chi connectivity index (χ2n) is 3.65. The van der Waals surface area contributed by atoms with Crippen molar-refractivity contribution in [2.75, 3.05) is 18.5 Å². The fraction of sp³-hybridized carbons (Fsp3) is 0.231. The predicted octanol–water partition coefficient (Wildman–Crippen LogP) is 2.97. The molecule has 5 heteroatoms. The van der Waals surface area contributed by atoms with Gasteiger partial charge >= 0.3 is 5.97 Å². The van der Waals surface area contributed by atoms with Crippen LogP contribution in [-0.4, -0.2) is 24.1 Å². The first-order valence-electron chi connectivity index (χ1n) is 5.65. The Kier molecular flexibility index (Phi) is 4.15. The Morgan fingerprint density at radius 2 is 2.22 bits per heavy atom. The number of rotatable bonds is 4. The van der Waals surface area contributed by atoms with Crippen molar-refractivity contribution in [2.24, 2.45) is 0 Å². The summed E-state index contributed by atoms with van der Waals surface area (Å²) in [5, 5.41) is 5.02. The molecule has 1 aromatic carbocycles. The highest BCUT2D eigenvalue weighted by atomic mass is 79.9. The van der Waals surface area contributed by atoms with Gasteiger partial charge in [-0.05, 0) is 19.1 Å². The van der Waals surface area contributed by atoms with E-state index < -0.39 is 0 Å². The van der Waals surface area contributed by atoms with Crippen LogP contribution in [0.1, 0.15) is 6.92 Å². The highest BCUT2D eigenvalue weighted by Gasteiger charge is 2.06. The lowest BCUT2D eigenvalue weighted by molar-refractivity contribution is -0.140. The van der Waals surface area contributed by atoms with E-state index in [1.807, 2.05) is 24.3 Å². The molecule has 0 aliphatic carbocycles. The molecule has 0 bridgehead atoms. The van der Waals surface area contributed by atoms with Crippen molar-refractivity contribution in [2.45, 2.75) is 6.92 Å². The van der Waals surface area contributed by atoms with E-state index in [4.69, 9.17) is 4.74 Å². The zero-order chi connectivity index (χ0) is 13.0. The van der Waals surface area contributed by atoms with Gasteiger partial charge in [-0.25, -0.2) is 4.98 Å². The third kappa shape index (κ3) is 2.79. The summed E-state index contributed by atoms with van der Waals surface area (Å²) in [4.78, 5) is 15.5. The quantitative estimate of drug-likeness (QED) is 0.882. The molecule has 0 aliphatic heterocycles. The molecule has 18 heavy (non-hydrogen) atoms. The number of ether oxygens (including phenoxy) is 1. The van der Waals surface area contributed by atoms with Crippen LogP contribution >= 0.6 is 15.9 Å². The number of benzene rings is 1. The van der Waals surface area contributed by atoms with Crippen LogP contribution in [0.15, 0.2) is 34.9 Å². The van der Waals surface area contributed by atoms with Crippen molar-refractivity contribution in [1.82, 2.24) is 4.98 Å². The molecule has 0 unspecified atom stereocenters. The summed E-state index contributed by atoms with van der Waals surface area (Å²) in [7, 11) is 0. The zero-order valence-electron chi connectivity index (χ0n) is 9.94. The standard InChI is InChI=1S/C13H13BrN2O2/c1-2-18-12(17)8-16-13-10-4-3-5-11(14)9(10)6-7-15-13/h3-7H,2,8H2,1H3,(H,15,16). The molecule has 1 heterocycles. The summed E-state index contributed by atoms with van der Waals surface area (Å²) in [5.41, 5.74) is 0. The van der Waals surface area contributed by atoms with Crippen molar-refractivity contribution in [3.63, 3.8) is 0 Å². The van der Waals surface area contributed by atoms with Gasteiger partial charge in [0.15, 0.2) is 0 Å². The second kappa shape index (κ2) is 5.82. The summed E-state index contributed by atoms with van der Waals surface area (Å²) in [6.07, 6.45) is 1.71. The highest BCUT2D eigenvalue weighted by Crippen LogP contribution is 2.27. The molecule has 0 spiro atoms. The molecule has 2 rings (SSSR count). The molecular weight excluding hydrogens is 296 g/mol. The van der Waals surface area contributed by atoms with E-state index in [1.54, 1.807) is 13.1 Å². The smallest absolute Gasteiger partial charge is 0.325 e. The van der Waals surface area contributed by atoms with E-state index >= 15 is 0 Å². The average Bonchev–Trinajstić information content (AvgIpc) is 2.37. The summed E-state index contributed by atoms with van der Waals surface area (Å²) in [6.45, 7) is 2.28. The van der Waals surface area contributed by atoms with Gasteiger partial charge in [-0.2, -0.15) is 0 Å². The predicted molar refractivity (Wildman–Crippen MR) is 74.6 cm³/mol. The molecule has 2 aromatic rings. The van der Waals surface area contributed by atoms with Gasteiger partial charge in [0.25, 0.3) is 0 Å². The molecule has 0 fully saturated rings. The summed E-state index contributed by atoms with van der Waals surface area (Å²) in [6, 6.07) is 7.79. The molecule has 0 amide bonds. The first-order chi connectivity index (χ1) is 8.72. The molecule has 1 aromatic heterocycles. The lowest BCUT2D eigenvalue weighted by Crippen LogP contribution is -2.17. The van der Waals surface area contributed by atoms with Crippen molar-refractivity contribution in [3.05, 3.63) is 34.9 Å². The number of carbonyl (C=O) groups is 1. The number of esters is 1. The van der Waals surface area contributed by atoms with Crippen LogP contribution in [0, 0.1) is 0 Å². The Hall–Kier alpha value is -1.62. The topological polar surface area (TPSA) is 51.2 Å². The minimum atomic E-state index is -0.286. The number of carbonyl (C=O) groups excluding carboxylic acids is 1. The summed E-state index contributed by atoms with van der Waals surface area (Å²) in [5.74, 6) is 0.396. The van der Waals surface area contributed by atoms with Crippen molar-refractivity contribution < 1.29 is 9.53 Å². The lowest BCUT2D eigenvalue weighted by Gasteiger charge is -2.08. The average molecular weight is 309 g/mol. The third-order valence-corrected chi connectivity index (χ3v) is 3.15. The largest absolute Gasteiger partial charge is 0.465 e. The van der Waals surface area contributed by atoms with Gasteiger partial charge in [0.05, 0.1) is 6.61 Å². The van der Waals surface area contributed by atoms with Gasteiger partial charge in [0.1, 0.15) is 12.4 Å². The number of hydrogen-bond acceptors (Lipinski definition) is 4. The Morgan fingerprint density at radius 3 is 3.00 bits per heavy atom. The number of nitrogens with zero attached hydrogens (tertiary/aromatic N) is 1. The van der Waals surface area contributed by atoms with E-state index in [0.717, 1.165) is 15.2 Å². The maximum atomic E-state index is 11.3. The highest BCUT2D eigenvalue weighted by molar-refractivity contribution is 9.10. The van der Waals surface area contributed by atoms with Gasteiger partial charge in [-0.3, -0.25) is 4.79 Å². The molecule has 1 N–H and O–H groups in total. The van der Waals surface area contributed by atoms with Crippen LogP contribution in [0.3, 0.4) is 0 Å². The zero-order valence-corrected chi connectivity index (χ0v) is 11.5. The van der Waals surface area contributed by atoms with Crippen LogP contribution in [0.5, 0.6) is 0 Å². The fourth-order valence-corrected chi connectivity index (χ4v) is 2.18. The minimum absolute atomic E-state index is 0.118. The maximum Gasteiger partial charge on any atom is 0.325 e. The molecule has 94 valence electrons. The third-order valence-electron chi connectivity index (χ3n) is 2.46. The van der Waals surface area contributed by atoms with Crippen LogP contribution in [0.4, 0.5) is 5.82 Å². The van der Waals surface area contributed by atoms with Crippen molar-refractivity contribution in [3.8, 4) is 0 Å². The maximum absolute atomic E-state index is 11.3. The van der Waals surface area contributed by atoms with Gasteiger partial charge in [-0.15, -0.1) is 0 Å². The summed E-state index contributed by atoms with van der Waals surface area (Å²) < 4.78 is 5.86. The summed E-state index contributed by atoms with van der Waals surface area (Å²) >= 11 is 3.49. The normalized spacial score (nSPS) is 10.3. The lowest BCUT2D eigenvalue weighted by atomic mass is 10.1. The molecule has 0 radical (unpaired) electrons. The Bertz CT molecular complexity index is 572. The Balaban J connectivity index is 2.23. The van der Waals surface area contributed by atoms with E-state index in [9.17, 15) is 4.79 Å². The Labute approximate surface area is 113 Å². The number of nitrogens with one attached hydrogen (secondary N) is 1. The SMILES string of the molecule is CCOC(=O)CNc1nccc2c(Br)cccc12. The van der Waals surface area contributed by atoms with Crippen LogP contribution in [0.2, 0.25) is 0 Å². The van der Waals surface area contributed by atoms with Crippen molar-refractivity contribution >= 4 is 38.5 Å². The monoisotopic (exact) mass is 308 g/mol.